The van der Waals surface area contributed by atoms with Crippen LogP contribution in [0.5, 0.6) is 0 Å². The predicted molar refractivity (Wildman–Crippen MR) is 50.7 cm³/mol. The summed E-state index contributed by atoms with van der Waals surface area (Å²) in [7, 11) is 0. The normalized spacial score (nSPS) is 10.6. The molecule has 0 aromatic carbocycles. The van der Waals surface area contributed by atoms with Crippen LogP contribution in [0.3, 0.4) is 0 Å². The number of halogens is 1. The number of rotatable bonds is 1. The topological polar surface area (TPSA) is 47.3 Å². The largest absolute Gasteiger partial charge is 0.294 e. The smallest absolute Gasteiger partial charge is 0.166 e. The van der Waals surface area contributed by atoms with E-state index in [1.165, 1.54) is 13.1 Å². The van der Waals surface area contributed by atoms with Gasteiger partial charge in [-0.15, -0.1) is 0 Å². The number of Topliss-reactive ketones (excluding diaryl/α,β-unsaturated/α-hetero) is 1. The van der Waals surface area contributed by atoms with Crippen molar-refractivity contribution in [2.24, 2.45) is 0 Å². The Morgan fingerprint density at radius 1 is 1.62 bits per heavy atom. The molecule has 13 heavy (non-hydrogen) atoms. The van der Waals surface area contributed by atoms with Gasteiger partial charge in [0.25, 0.3) is 0 Å². The molecule has 0 N–H and O–H groups in total. The molecule has 0 aliphatic carbocycles. The summed E-state index contributed by atoms with van der Waals surface area (Å²) >= 11 is 3.24. The van der Waals surface area contributed by atoms with Gasteiger partial charge in [0.05, 0.1) is 11.8 Å². The summed E-state index contributed by atoms with van der Waals surface area (Å²) in [4.78, 5) is 15.3. The molecule has 0 saturated carbocycles. The summed E-state index contributed by atoms with van der Waals surface area (Å²) in [5.74, 6) is -0.0272. The van der Waals surface area contributed by atoms with Crippen LogP contribution in [-0.2, 0) is 0 Å². The lowest BCUT2D eigenvalue weighted by molar-refractivity contribution is 0.101. The summed E-state index contributed by atoms with van der Waals surface area (Å²) in [5.41, 5.74) is 1.13. The third-order valence-corrected chi connectivity index (χ3v) is 2.16. The van der Waals surface area contributed by atoms with E-state index < -0.39 is 0 Å². The zero-order valence-electron chi connectivity index (χ0n) is 6.86. The first-order valence-corrected chi connectivity index (χ1v) is 4.48. The van der Waals surface area contributed by atoms with Gasteiger partial charge in [-0.3, -0.25) is 4.79 Å². The van der Waals surface area contributed by atoms with Gasteiger partial charge in [0, 0.05) is 6.20 Å². The molecule has 0 unspecified atom stereocenters. The fourth-order valence-electron chi connectivity index (χ4n) is 1.10. The molecule has 4 nitrogen and oxygen atoms in total. The Kier molecular flexibility index (Phi) is 1.88. The van der Waals surface area contributed by atoms with Crippen LogP contribution in [0.2, 0.25) is 0 Å². The Morgan fingerprint density at radius 2 is 2.38 bits per heavy atom. The van der Waals surface area contributed by atoms with Crippen LogP contribution in [0.15, 0.2) is 23.1 Å². The molecule has 0 spiro atoms. The third-order valence-electron chi connectivity index (χ3n) is 1.71. The molecule has 2 heterocycles. The summed E-state index contributed by atoms with van der Waals surface area (Å²) in [6, 6.07) is 1.77. The van der Waals surface area contributed by atoms with Crippen molar-refractivity contribution in [3.8, 4) is 0 Å². The van der Waals surface area contributed by atoms with Crippen molar-refractivity contribution >= 4 is 27.4 Å². The van der Waals surface area contributed by atoms with E-state index in [0.717, 1.165) is 0 Å². The number of hydrogen-bond acceptors (Lipinski definition) is 3. The lowest BCUT2D eigenvalue weighted by Gasteiger charge is -1.94. The first-order chi connectivity index (χ1) is 6.18. The van der Waals surface area contributed by atoms with E-state index in [0.29, 0.717) is 15.8 Å². The molecule has 0 radical (unpaired) electrons. The average Bonchev–Trinajstić information content (AvgIpc) is 2.46. The first-order valence-electron chi connectivity index (χ1n) is 3.69. The molecular weight excluding hydrogens is 234 g/mol. The highest BCUT2D eigenvalue weighted by Gasteiger charge is 2.09. The van der Waals surface area contributed by atoms with Crippen molar-refractivity contribution in [3.63, 3.8) is 0 Å². The van der Waals surface area contributed by atoms with Crippen LogP contribution in [0.1, 0.15) is 17.3 Å². The molecule has 0 aliphatic rings. The molecule has 2 aromatic rings. The van der Waals surface area contributed by atoms with E-state index in [9.17, 15) is 4.79 Å². The zero-order valence-corrected chi connectivity index (χ0v) is 8.45. The second kappa shape index (κ2) is 2.92. The second-order valence-electron chi connectivity index (χ2n) is 2.63. The lowest BCUT2D eigenvalue weighted by Crippen LogP contribution is -1.94. The summed E-state index contributed by atoms with van der Waals surface area (Å²) in [6.45, 7) is 1.50. The number of nitrogens with zero attached hydrogens (tertiary/aromatic N) is 3. The minimum absolute atomic E-state index is 0.0272. The van der Waals surface area contributed by atoms with E-state index in [-0.39, 0.29) is 5.78 Å². The zero-order chi connectivity index (χ0) is 9.42. The van der Waals surface area contributed by atoms with E-state index in [2.05, 4.69) is 26.0 Å². The standard InChI is InChI=1S/C8H6BrN3O/c1-5(13)6-4-10-12-3-2-7(9)11-8(6)12/h2-4H,1H3. The van der Waals surface area contributed by atoms with Crippen LogP contribution in [-0.4, -0.2) is 20.4 Å². The van der Waals surface area contributed by atoms with Crippen molar-refractivity contribution in [2.45, 2.75) is 6.92 Å². The minimum atomic E-state index is -0.0272. The van der Waals surface area contributed by atoms with Gasteiger partial charge in [-0.1, -0.05) is 0 Å². The maximum atomic E-state index is 11.1. The number of fused-ring (bicyclic) bond motifs is 1. The molecule has 0 aliphatic heterocycles. The van der Waals surface area contributed by atoms with Gasteiger partial charge in [0.15, 0.2) is 11.4 Å². The summed E-state index contributed by atoms with van der Waals surface area (Å²) in [5, 5.41) is 3.99. The van der Waals surface area contributed by atoms with Gasteiger partial charge in [-0.05, 0) is 28.9 Å². The van der Waals surface area contributed by atoms with Crippen LogP contribution >= 0.6 is 15.9 Å². The third kappa shape index (κ3) is 1.35. The van der Waals surface area contributed by atoms with Gasteiger partial charge < -0.3 is 0 Å². The molecule has 2 rings (SSSR count). The Hall–Kier alpha value is -1.23. The molecule has 0 bridgehead atoms. The summed E-state index contributed by atoms with van der Waals surface area (Å²) < 4.78 is 2.27. The monoisotopic (exact) mass is 239 g/mol. The molecule has 0 amide bonds. The van der Waals surface area contributed by atoms with E-state index in [1.54, 1.807) is 16.8 Å². The molecule has 66 valence electrons. The van der Waals surface area contributed by atoms with E-state index in [4.69, 9.17) is 0 Å². The van der Waals surface area contributed by atoms with Crippen LogP contribution in [0, 0.1) is 0 Å². The van der Waals surface area contributed by atoms with Crippen molar-refractivity contribution in [3.05, 3.63) is 28.6 Å². The SMILES string of the molecule is CC(=O)c1cnn2ccc(Br)nc12. The maximum Gasteiger partial charge on any atom is 0.166 e. The molecule has 0 saturated heterocycles. The molecule has 5 heteroatoms. The lowest BCUT2D eigenvalue weighted by atomic mass is 10.2. The van der Waals surface area contributed by atoms with Crippen LogP contribution in [0.25, 0.3) is 5.65 Å². The number of carbonyl (C=O) groups is 1. The highest BCUT2D eigenvalue weighted by atomic mass is 79.9. The number of hydrogen-bond donors (Lipinski definition) is 0. The van der Waals surface area contributed by atoms with Gasteiger partial charge in [0.1, 0.15) is 4.60 Å². The Balaban J connectivity index is 2.79. The minimum Gasteiger partial charge on any atom is -0.294 e. The van der Waals surface area contributed by atoms with Crippen molar-refractivity contribution in [1.82, 2.24) is 14.6 Å². The highest BCUT2D eigenvalue weighted by Crippen LogP contribution is 2.12. The molecule has 2 aromatic heterocycles. The molecule has 0 atom stereocenters. The molecular formula is C8H6BrN3O. The number of aromatic nitrogens is 3. The predicted octanol–water partition coefficient (Wildman–Crippen LogP) is 1.69. The second-order valence-corrected chi connectivity index (χ2v) is 3.45. The molecule has 0 fully saturated rings. The van der Waals surface area contributed by atoms with Gasteiger partial charge >= 0.3 is 0 Å². The van der Waals surface area contributed by atoms with Crippen molar-refractivity contribution in [1.29, 1.82) is 0 Å². The number of carbonyl (C=O) groups excluding carboxylic acids is 1. The van der Waals surface area contributed by atoms with Crippen LogP contribution in [0.4, 0.5) is 0 Å². The van der Waals surface area contributed by atoms with E-state index in [1.807, 2.05) is 0 Å². The Labute approximate surface area is 82.7 Å². The van der Waals surface area contributed by atoms with Gasteiger partial charge in [-0.25, -0.2) is 9.50 Å². The first kappa shape index (κ1) is 8.37. The van der Waals surface area contributed by atoms with Gasteiger partial charge in [-0.2, -0.15) is 5.10 Å². The van der Waals surface area contributed by atoms with Crippen molar-refractivity contribution in [2.75, 3.05) is 0 Å². The fraction of sp³-hybridized carbons (Fsp3) is 0.125. The van der Waals surface area contributed by atoms with Crippen LogP contribution < -0.4 is 0 Å². The Morgan fingerprint density at radius 3 is 3.08 bits per heavy atom. The fourth-order valence-corrected chi connectivity index (χ4v) is 1.38. The highest BCUT2D eigenvalue weighted by molar-refractivity contribution is 9.10. The average molecular weight is 240 g/mol. The Bertz CT molecular complexity index is 477. The quantitative estimate of drug-likeness (QED) is 0.563. The summed E-state index contributed by atoms with van der Waals surface area (Å²) in [6.07, 6.45) is 3.27. The van der Waals surface area contributed by atoms with E-state index >= 15 is 0 Å². The van der Waals surface area contributed by atoms with Crippen molar-refractivity contribution < 1.29 is 4.79 Å². The van der Waals surface area contributed by atoms with Gasteiger partial charge in [0.2, 0.25) is 0 Å². The maximum absolute atomic E-state index is 11.1. The number of ketones is 1.